The highest BCUT2D eigenvalue weighted by molar-refractivity contribution is 5.93. The number of hydrogen-bond donors (Lipinski definition) is 2. The molecule has 1 amide bonds. The molecule has 7 heteroatoms. The van der Waals surface area contributed by atoms with Gasteiger partial charge in [0.1, 0.15) is 6.04 Å². The molecule has 1 aliphatic carbocycles. The minimum absolute atomic E-state index is 0.448. The summed E-state index contributed by atoms with van der Waals surface area (Å²) in [7, 11) is 0. The Morgan fingerprint density at radius 1 is 1.16 bits per heavy atom. The molecule has 1 aromatic carbocycles. The molecule has 3 N–H and O–H groups in total. The van der Waals surface area contributed by atoms with Gasteiger partial charge in [-0.15, -0.1) is 0 Å². The van der Waals surface area contributed by atoms with Crippen molar-refractivity contribution < 1.29 is 14.7 Å². The lowest BCUT2D eigenvalue weighted by Crippen LogP contribution is -2.53. The van der Waals surface area contributed by atoms with Gasteiger partial charge in [-0.3, -0.25) is 4.79 Å². The summed E-state index contributed by atoms with van der Waals surface area (Å²) in [6.07, 6.45) is 3.41. The fourth-order valence-electron chi connectivity index (χ4n) is 3.46. The van der Waals surface area contributed by atoms with Gasteiger partial charge in [0, 0.05) is 28.9 Å². The first kappa shape index (κ1) is 15.6. The van der Waals surface area contributed by atoms with Gasteiger partial charge in [0.15, 0.2) is 0 Å². The van der Waals surface area contributed by atoms with E-state index in [1.807, 2.05) is 12.1 Å². The quantitative estimate of drug-likeness (QED) is 0.872. The number of nitrogens with zero attached hydrogens (tertiary/aromatic N) is 3. The Labute approximate surface area is 144 Å². The number of amides is 1. The van der Waals surface area contributed by atoms with Crippen LogP contribution in [-0.2, 0) is 17.6 Å². The number of anilines is 1. The third-order valence-corrected chi connectivity index (χ3v) is 4.93. The summed E-state index contributed by atoms with van der Waals surface area (Å²) in [6, 6.07) is 6.48. The predicted octanol–water partition coefficient (Wildman–Crippen LogP) is 1.39. The van der Waals surface area contributed by atoms with E-state index < -0.39 is 17.9 Å². The maximum absolute atomic E-state index is 11.3. The van der Waals surface area contributed by atoms with E-state index in [1.165, 1.54) is 0 Å². The first-order chi connectivity index (χ1) is 12.0. The second kappa shape index (κ2) is 5.84. The lowest BCUT2D eigenvalue weighted by Gasteiger charge is -2.38. The molecule has 0 spiro atoms. The molecule has 4 rings (SSSR count). The van der Waals surface area contributed by atoms with Crippen LogP contribution in [0.25, 0.3) is 11.3 Å². The molecule has 2 aliphatic rings. The van der Waals surface area contributed by atoms with E-state index in [-0.39, 0.29) is 0 Å². The van der Waals surface area contributed by atoms with Gasteiger partial charge >= 0.3 is 5.97 Å². The third kappa shape index (κ3) is 2.61. The van der Waals surface area contributed by atoms with Crippen molar-refractivity contribution in [1.29, 1.82) is 0 Å². The van der Waals surface area contributed by atoms with Gasteiger partial charge in [0.25, 0.3) is 0 Å². The molecular formula is C18H18N4O3. The van der Waals surface area contributed by atoms with Gasteiger partial charge in [0.05, 0.1) is 5.69 Å². The minimum atomic E-state index is -0.845. The third-order valence-electron chi connectivity index (χ3n) is 4.93. The van der Waals surface area contributed by atoms with Crippen molar-refractivity contribution in [3.05, 3.63) is 41.1 Å². The summed E-state index contributed by atoms with van der Waals surface area (Å²) in [4.78, 5) is 33.6. The van der Waals surface area contributed by atoms with Crippen molar-refractivity contribution in [2.75, 3.05) is 11.4 Å². The number of nitrogens with two attached hydrogens (primary N) is 1. The number of aromatic nitrogens is 2. The van der Waals surface area contributed by atoms with E-state index in [0.717, 1.165) is 41.8 Å². The van der Waals surface area contributed by atoms with Gasteiger partial charge in [-0.25, -0.2) is 14.8 Å². The van der Waals surface area contributed by atoms with Crippen LogP contribution in [0, 0.1) is 0 Å². The van der Waals surface area contributed by atoms with Gasteiger partial charge in [-0.1, -0.05) is 12.1 Å². The second-order valence-electron chi connectivity index (χ2n) is 6.43. The molecule has 1 aromatic heterocycles. The van der Waals surface area contributed by atoms with Crippen LogP contribution in [0.5, 0.6) is 0 Å². The summed E-state index contributed by atoms with van der Waals surface area (Å²) in [5.41, 5.74) is 9.57. The van der Waals surface area contributed by atoms with Crippen LogP contribution in [0.3, 0.4) is 0 Å². The lowest BCUT2D eigenvalue weighted by atomic mass is 10.0. The number of hydrogen-bond acceptors (Lipinski definition) is 5. The number of aryl methyl sites for hydroxylation is 1. The number of rotatable bonds is 4. The standard InChI is InChI=1S/C18H18N4O3/c19-16(23)11-6-4-10(5-7-11)15-12-2-1-3-13(12)20-18(21-15)22-9-8-14(22)17(24)25/h4-7,14H,1-3,8-9H2,(H2,19,23)(H,24,25)/t14-/m1/s1. The zero-order valence-corrected chi connectivity index (χ0v) is 13.6. The van der Waals surface area contributed by atoms with E-state index in [1.54, 1.807) is 17.0 Å². The molecular weight excluding hydrogens is 320 g/mol. The normalized spacial score (nSPS) is 18.6. The van der Waals surface area contributed by atoms with E-state index >= 15 is 0 Å². The van der Waals surface area contributed by atoms with Crippen molar-refractivity contribution >= 4 is 17.8 Å². The SMILES string of the molecule is NC(=O)c1ccc(-c2nc(N3CC[C@@H]3C(=O)O)nc3c2CCC3)cc1. The summed E-state index contributed by atoms with van der Waals surface area (Å²) >= 11 is 0. The molecule has 1 saturated heterocycles. The number of fused-ring (bicyclic) bond motifs is 1. The summed E-state index contributed by atoms with van der Waals surface area (Å²) in [5, 5.41) is 9.29. The van der Waals surface area contributed by atoms with Crippen LogP contribution in [0.4, 0.5) is 5.95 Å². The van der Waals surface area contributed by atoms with Crippen molar-refractivity contribution in [2.24, 2.45) is 5.73 Å². The van der Waals surface area contributed by atoms with E-state index in [0.29, 0.717) is 24.5 Å². The van der Waals surface area contributed by atoms with Gasteiger partial charge in [-0.2, -0.15) is 0 Å². The maximum Gasteiger partial charge on any atom is 0.326 e. The van der Waals surface area contributed by atoms with E-state index in [4.69, 9.17) is 5.73 Å². The van der Waals surface area contributed by atoms with Crippen LogP contribution in [0.2, 0.25) is 0 Å². The van der Waals surface area contributed by atoms with Crippen molar-refractivity contribution in [2.45, 2.75) is 31.7 Å². The maximum atomic E-state index is 11.3. The number of carbonyl (C=O) groups excluding carboxylic acids is 1. The molecule has 128 valence electrons. The molecule has 2 aromatic rings. The predicted molar refractivity (Wildman–Crippen MR) is 91.4 cm³/mol. The van der Waals surface area contributed by atoms with Crippen molar-refractivity contribution in [3.63, 3.8) is 0 Å². The molecule has 0 bridgehead atoms. The Morgan fingerprint density at radius 2 is 1.92 bits per heavy atom. The number of carboxylic acid groups (broad SMARTS) is 1. The number of benzene rings is 1. The van der Waals surface area contributed by atoms with Crippen molar-refractivity contribution in [1.82, 2.24) is 9.97 Å². The summed E-state index contributed by atoms with van der Waals surface area (Å²) in [5.74, 6) is -0.832. The Balaban J connectivity index is 1.77. The lowest BCUT2D eigenvalue weighted by molar-refractivity contribution is -0.140. The molecule has 1 fully saturated rings. The zero-order valence-electron chi connectivity index (χ0n) is 13.6. The Kier molecular flexibility index (Phi) is 3.63. The molecule has 1 atom stereocenters. The van der Waals surface area contributed by atoms with Gasteiger partial charge < -0.3 is 15.7 Å². The monoisotopic (exact) mass is 338 g/mol. The van der Waals surface area contributed by atoms with Crippen LogP contribution in [0.15, 0.2) is 24.3 Å². The molecule has 1 aliphatic heterocycles. The second-order valence-corrected chi connectivity index (χ2v) is 6.43. The molecule has 25 heavy (non-hydrogen) atoms. The molecule has 0 unspecified atom stereocenters. The fourth-order valence-corrected chi connectivity index (χ4v) is 3.46. The fraction of sp³-hybridized carbons (Fsp3) is 0.333. The molecule has 0 radical (unpaired) electrons. The van der Waals surface area contributed by atoms with Crippen LogP contribution < -0.4 is 10.6 Å². The Morgan fingerprint density at radius 3 is 2.52 bits per heavy atom. The van der Waals surface area contributed by atoms with Crippen molar-refractivity contribution in [3.8, 4) is 11.3 Å². The minimum Gasteiger partial charge on any atom is -0.480 e. The molecule has 2 heterocycles. The average Bonchev–Trinajstić information content (AvgIpc) is 3.01. The zero-order chi connectivity index (χ0) is 17.6. The van der Waals surface area contributed by atoms with Gasteiger partial charge in [-0.05, 0) is 37.8 Å². The topological polar surface area (TPSA) is 109 Å². The first-order valence-corrected chi connectivity index (χ1v) is 8.34. The summed E-state index contributed by atoms with van der Waals surface area (Å²) in [6.45, 7) is 0.649. The van der Waals surface area contributed by atoms with E-state index in [9.17, 15) is 14.7 Å². The highest BCUT2D eigenvalue weighted by Crippen LogP contribution is 2.34. The van der Waals surface area contributed by atoms with Crippen LogP contribution in [0.1, 0.15) is 34.5 Å². The molecule has 7 nitrogen and oxygen atoms in total. The van der Waals surface area contributed by atoms with Crippen LogP contribution >= 0.6 is 0 Å². The van der Waals surface area contributed by atoms with Crippen LogP contribution in [-0.4, -0.2) is 39.5 Å². The number of aliphatic carboxylic acids is 1. The van der Waals surface area contributed by atoms with E-state index in [2.05, 4.69) is 9.97 Å². The summed E-state index contributed by atoms with van der Waals surface area (Å²) < 4.78 is 0. The largest absolute Gasteiger partial charge is 0.480 e. The number of primary amides is 1. The van der Waals surface area contributed by atoms with Gasteiger partial charge in [0.2, 0.25) is 11.9 Å². The Hall–Kier alpha value is -2.96. The Bertz CT molecular complexity index is 863. The smallest absolute Gasteiger partial charge is 0.326 e. The molecule has 0 saturated carbocycles. The highest BCUT2D eigenvalue weighted by Gasteiger charge is 2.37. The highest BCUT2D eigenvalue weighted by atomic mass is 16.4. The first-order valence-electron chi connectivity index (χ1n) is 8.34. The number of carbonyl (C=O) groups is 2. The number of carboxylic acids is 1. The average molecular weight is 338 g/mol.